The second-order valence-corrected chi connectivity index (χ2v) is 5.09. The summed E-state index contributed by atoms with van der Waals surface area (Å²) in [6.07, 6.45) is 0. The van der Waals surface area contributed by atoms with Gasteiger partial charge in [-0.05, 0) is 32.0 Å². The molecule has 1 heterocycles. The number of aliphatic imine (C=N–C) groups is 1. The predicted octanol–water partition coefficient (Wildman–Crippen LogP) is 2.65. The molecule has 2 rings (SSSR count). The van der Waals surface area contributed by atoms with Gasteiger partial charge in [-0.3, -0.25) is 9.98 Å². The summed E-state index contributed by atoms with van der Waals surface area (Å²) >= 11 is 0. The summed E-state index contributed by atoms with van der Waals surface area (Å²) in [5, 5.41) is 6.57. The molecule has 0 saturated heterocycles. The van der Waals surface area contributed by atoms with E-state index < -0.39 is 0 Å². The van der Waals surface area contributed by atoms with E-state index in [1.165, 1.54) is 0 Å². The fourth-order valence-electron chi connectivity index (χ4n) is 2.22. The molecule has 1 aromatic heterocycles. The quantitative estimate of drug-likeness (QED) is 0.636. The first-order chi connectivity index (χ1) is 11.2. The molecule has 0 aliphatic rings. The van der Waals surface area contributed by atoms with Crippen molar-refractivity contribution in [2.24, 2.45) is 4.99 Å². The smallest absolute Gasteiger partial charge is 0.191 e. The number of hydrogen-bond donors (Lipinski definition) is 2. The molecule has 0 saturated carbocycles. The molecule has 0 fully saturated rings. The van der Waals surface area contributed by atoms with Crippen LogP contribution < -0.4 is 15.4 Å². The number of benzene rings is 1. The Balaban J connectivity index is 1.90. The number of pyridine rings is 1. The van der Waals surface area contributed by atoms with Crippen LogP contribution in [0.4, 0.5) is 0 Å². The molecule has 0 aliphatic carbocycles. The van der Waals surface area contributed by atoms with Gasteiger partial charge in [-0.2, -0.15) is 0 Å². The van der Waals surface area contributed by atoms with Gasteiger partial charge in [-0.15, -0.1) is 0 Å². The molecule has 0 unspecified atom stereocenters. The minimum absolute atomic E-state index is 0.633. The van der Waals surface area contributed by atoms with E-state index in [1.54, 1.807) is 7.05 Å². The third-order valence-corrected chi connectivity index (χ3v) is 3.33. The van der Waals surface area contributed by atoms with Gasteiger partial charge >= 0.3 is 0 Å². The highest BCUT2D eigenvalue weighted by Crippen LogP contribution is 2.17. The zero-order valence-electron chi connectivity index (χ0n) is 14.0. The molecule has 122 valence electrons. The van der Waals surface area contributed by atoms with E-state index in [2.05, 4.69) is 20.6 Å². The van der Waals surface area contributed by atoms with Gasteiger partial charge in [0, 0.05) is 24.8 Å². The first-order valence-electron chi connectivity index (χ1n) is 7.80. The van der Waals surface area contributed by atoms with Gasteiger partial charge in [-0.25, -0.2) is 0 Å². The summed E-state index contributed by atoms with van der Waals surface area (Å²) in [7, 11) is 1.76. The maximum absolute atomic E-state index is 5.64. The molecule has 0 spiro atoms. The fourth-order valence-corrected chi connectivity index (χ4v) is 2.22. The number of nitrogens with one attached hydrogen (secondary N) is 2. The van der Waals surface area contributed by atoms with Gasteiger partial charge in [0.15, 0.2) is 5.96 Å². The number of rotatable bonds is 6. The van der Waals surface area contributed by atoms with E-state index >= 15 is 0 Å². The normalized spacial score (nSPS) is 11.2. The lowest BCUT2D eigenvalue weighted by Gasteiger charge is -2.14. The summed E-state index contributed by atoms with van der Waals surface area (Å²) in [6.45, 7) is 5.91. The fraction of sp³-hybridized carbons (Fsp3) is 0.333. The molecule has 0 aliphatic heterocycles. The number of guanidine groups is 1. The third-order valence-electron chi connectivity index (χ3n) is 3.33. The minimum atomic E-state index is 0.633. The van der Waals surface area contributed by atoms with Gasteiger partial charge in [-0.1, -0.05) is 24.3 Å². The number of hydrogen-bond acceptors (Lipinski definition) is 3. The molecule has 0 amide bonds. The van der Waals surface area contributed by atoms with E-state index in [0.717, 1.165) is 28.7 Å². The van der Waals surface area contributed by atoms with Gasteiger partial charge in [0.1, 0.15) is 5.75 Å². The molecule has 0 atom stereocenters. The molecular formula is C18H24N4O. The maximum Gasteiger partial charge on any atom is 0.191 e. The van der Waals surface area contributed by atoms with E-state index in [-0.39, 0.29) is 0 Å². The Labute approximate surface area is 137 Å². The highest BCUT2D eigenvalue weighted by molar-refractivity contribution is 5.79. The van der Waals surface area contributed by atoms with Crippen molar-refractivity contribution in [2.45, 2.75) is 26.9 Å². The molecule has 5 heteroatoms. The van der Waals surface area contributed by atoms with Crippen molar-refractivity contribution in [3.8, 4) is 5.75 Å². The predicted molar refractivity (Wildman–Crippen MR) is 93.6 cm³/mol. The Morgan fingerprint density at radius 2 is 1.87 bits per heavy atom. The van der Waals surface area contributed by atoms with Crippen LogP contribution in [-0.4, -0.2) is 24.6 Å². The Hall–Kier alpha value is -2.56. The van der Waals surface area contributed by atoms with Crippen molar-refractivity contribution in [2.75, 3.05) is 13.7 Å². The summed E-state index contributed by atoms with van der Waals surface area (Å²) in [5.41, 5.74) is 3.10. The van der Waals surface area contributed by atoms with Crippen molar-refractivity contribution in [1.82, 2.24) is 15.6 Å². The third kappa shape index (κ3) is 5.29. The lowest BCUT2D eigenvalue weighted by atomic mass is 10.2. The van der Waals surface area contributed by atoms with Crippen LogP contribution in [0.3, 0.4) is 0 Å². The SMILES string of the molecule is CCOc1ccccc1CNC(=NC)NCc1cccc(C)n1. The maximum atomic E-state index is 5.64. The molecule has 2 aromatic rings. The number of para-hydroxylation sites is 1. The van der Waals surface area contributed by atoms with Crippen molar-refractivity contribution in [3.05, 3.63) is 59.4 Å². The Morgan fingerprint density at radius 1 is 1.09 bits per heavy atom. The van der Waals surface area contributed by atoms with Crippen LogP contribution >= 0.6 is 0 Å². The van der Waals surface area contributed by atoms with Crippen LogP contribution in [0.15, 0.2) is 47.5 Å². The van der Waals surface area contributed by atoms with Crippen LogP contribution in [0.1, 0.15) is 23.9 Å². The Morgan fingerprint density at radius 3 is 2.61 bits per heavy atom. The van der Waals surface area contributed by atoms with Gasteiger partial charge in [0.05, 0.1) is 18.8 Å². The molecule has 0 radical (unpaired) electrons. The lowest BCUT2D eigenvalue weighted by Crippen LogP contribution is -2.36. The summed E-state index contributed by atoms with van der Waals surface area (Å²) < 4.78 is 5.64. The molecule has 2 N–H and O–H groups in total. The topological polar surface area (TPSA) is 58.5 Å². The monoisotopic (exact) mass is 312 g/mol. The minimum Gasteiger partial charge on any atom is -0.494 e. The van der Waals surface area contributed by atoms with Crippen molar-refractivity contribution < 1.29 is 4.74 Å². The van der Waals surface area contributed by atoms with Crippen molar-refractivity contribution in [3.63, 3.8) is 0 Å². The first-order valence-corrected chi connectivity index (χ1v) is 7.80. The van der Waals surface area contributed by atoms with Crippen molar-refractivity contribution in [1.29, 1.82) is 0 Å². The first kappa shape index (κ1) is 16.8. The second-order valence-electron chi connectivity index (χ2n) is 5.09. The van der Waals surface area contributed by atoms with Crippen LogP contribution in [0.25, 0.3) is 0 Å². The van der Waals surface area contributed by atoms with E-state index in [4.69, 9.17) is 4.74 Å². The molecule has 23 heavy (non-hydrogen) atoms. The lowest BCUT2D eigenvalue weighted by molar-refractivity contribution is 0.336. The number of ether oxygens (including phenoxy) is 1. The standard InChI is InChI=1S/C18H24N4O/c1-4-23-17-11-6-5-9-15(17)12-20-18(19-3)21-13-16-10-7-8-14(2)22-16/h5-11H,4,12-13H2,1-3H3,(H2,19,20,21). The van der Waals surface area contributed by atoms with E-state index in [1.807, 2.05) is 56.3 Å². The number of nitrogens with zero attached hydrogens (tertiary/aromatic N) is 2. The van der Waals surface area contributed by atoms with Gasteiger partial charge < -0.3 is 15.4 Å². The highest BCUT2D eigenvalue weighted by Gasteiger charge is 2.04. The van der Waals surface area contributed by atoms with Crippen LogP contribution in [0, 0.1) is 6.92 Å². The zero-order valence-corrected chi connectivity index (χ0v) is 14.0. The summed E-state index contributed by atoms with van der Waals surface area (Å²) in [5.74, 6) is 1.64. The second kappa shape index (κ2) is 8.78. The molecular weight excluding hydrogens is 288 g/mol. The largest absolute Gasteiger partial charge is 0.494 e. The Bertz CT molecular complexity index is 655. The number of aryl methyl sites for hydroxylation is 1. The summed E-state index contributed by atoms with van der Waals surface area (Å²) in [4.78, 5) is 8.71. The van der Waals surface area contributed by atoms with Crippen LogP contribution in [0.5, 0.6) is 5.75 Å². The van der Waals surface area contributed by atoms with E-state index in [0.29, 0.717) is 19.7 Å². The molecule has 0 bridgehead atoms. The molecule has 1 aromatic carbocycles. The average Bonchev–Trinajstić information content (AvgIpc) is 2.57. The Kier molecular flexibility index (Phi) is 6.41. The van der Waals surface area contributed by atoms with Gasteiger partial charge in [0.2, 0.25) is 0 Å². The van der Waals surface area contributed by atoms with Crippen molar-refractivity contribution >= 4 is 5.96 Å². The van der Waals surface area contributed by atoms with Crippen LogP contribution in [0.2, 0.25) is 0 Å². The van der Waals surface area contributed by atoms with Gasteiger partial charge in [0.25, 0.3) is 0 Å². The average molecular weight is 312 g/mol. The van der Waals surface area contributed by atoms with Crippen LogP contribution in [-0.2, 0) is 13.1 Å². The number of aromatic nitrogens is 1. The summed E-state index contributed by atoms with van der Waals surface area (Å²) in [6, 6.07) is 14.0. The zero-order chi connectivity index (χ0) is 16.5. The van der Waals surface area contributed by atoms with E-state index in [9.17, 15) is 0 Å². The highest BCUT2D eigenvalue weighted by atomic mass is 16.5. The molecule has 5 nitrogen and oxygen atoms in total.